The van der Waals surface area contributed by atoms with Gasteiger partial charge in [0.2, 0.25) is 0 Å². The normalized spacial score (nSPS) is 44.5. The van der Waals surface area contributed by atoms with Crippen molar-refractivity contribution >= 4 is 0 Å². The zero-order valence-corrected chi connectivity index (χ0v) is 21.4. The van der Waals surface area contributed by atoms with Crippen LogP contribution in [0.5, 0.6) is 0 Å². The highest BCUT2D eigenvalue weighted by Gasteiger charge is 2.58. The molecule has 0 aromatic heterocycles. The van der Waals surface area contributed by atoms with Crippen molar-refractivity contribution in [3.05, 3.63) is 23.8 Å². The maximum atomic E-state index is 10.3. The minimum Gasteiger partial charge on any atom is -0.393 e. The molecule has 0 saturated heterocycles. The topological polar surface area (TPSA) is 20.2 Å². The van der Waals surface area contributed by atoms with Gasteiger partial charge in [-0.2, -0.15) is 0 Å². The minimum atomic E-state index is -0.0874. The van der Waals surface area contributed by atoms with Gasteiger partial charge in [-0.3, -0.25) is 0 Å². The summed E-state index contributed by atoms with van der Waals surface area (Å²) >= 11 is 0. The van der Waals surface area contributed by atoms with Crippen LogP contribution in [0.15, 0.2) is 23.8 Å². The summed E-state index contributed by atoms with van der Waals surface area (Å²) in [6.07, 6.45) is 20.5. The maximum Gasteiger partial charge on any atom is 0.0577 e. The highest BCUT2D eigenvalue weighted by molar-refractivity contribution is 5.25. The van der Waals surface area contributed by atoms with E-state index in [1.165, 1.54) is 51.4 Å². The van der Waals surface area contributed by atoms with Crippen molar-refractivity contribution in [2.24, 2.45) is 52.3 Å². The smallest absolute Gasteiger partial charge is 0.0577 e. The Morgan fingerprint density at radius 3 is 2.52 bits per heavy atom. The molecule has 0 aromatic carbocycles. The Morgan fingerprint density at radius 1 is 1.03 bits per heavy atom. The molecule has 9 atom stereocenters. The van der Waals surface area contributed by atoms with E-state index in [2.05, 4.69) is 59.8 Å². The monoisotopic (exact) mass is 426 g/mol. The summed E-state index contributed by atoms with van der Waals surface area (Å²) in [5.41, 5.74) is 2.51. The average molecular weight is 427 g/mol. The predicted octanol–water partition coefficient (Wildman–Crippen LogP) is 8.19. The van der Waals surface area contributed by atoms with Crippen molar-refractivity contribution in [2.45, 2.75) is 112 Å². The summed E-state index contributed by atoms with van der Waals surface area (Å²) in [5.74, 6) is 5.71. The van der Waals surface area contributed by atoms with Crippen molar-refractivity contribution in [3.63, 3.8) is 0 Å². The fourth-order valence-electron chi connectivity index (χ4n) is 8.98. The molecule has 0 spiro atoms. The molecule has 0 unspecified atom stereocenters. The van der Waals surface area contributed by atoms with Gasteiger partial charge in [-0.15, -0.1) is 0 Å². The van der Waals surface area contributed by atoms with Crippen LogP contribution in [-0.2, 0) is 0 Å². The first-order valence-corrected chi connectivity index (χ1v) is 13.8. The quantitative estimate of drug-likeness (QED) is 0.424. The molecule has 176 valence electrons. The van der Waals surface area contributed by atoms with Crippen LogP contribution in [0.1, 0.15) is 106 Å². The largest absolute Gasteiger partial charge is 0.393 e. The van der Waals surface area contributed by atoms with Crippen molar-refractivity contribution < 1.29 is 5.11 Å². The van der Waals surface area contributed by atoms with Crippen LogP contribution >= 0.6 is 0 Å². The van der Waals surface area contributed by atoms with Crippen molar-refractivity contribution in [3.8, 4) is 0 Å². The van der Waals surface area contributed by atoms with Gasteiger partial charge in [-0.25, -0.2) is 0 Å². The van der Waals surface area contributed by atoms with Gasteiger partial charge in [0, 0.05) is 0 Å². The van der Waals surface area contributed by atoms with Gasteiger partial charge >= 0.3 is 0 Å². The van der Waals surface area contributed by atoms with E-state index in [1.54, 1.807) is 5.57 Å². The maximum absolute atomic E-state index is 10.3. The second-order valence-electron chi connectivity index (χ2n) is 12.8. The van der Waals surface area contributed by atoms with Gasteiger partial charge in [-0.1, -0.05) is 71.8 Å². The molecule has 0 radical (unpaired) electrons. The number of hydrogen-bond donors (Lipinski definition) is 1. The molecule has 1 heteroatoms. The SMILES string of the molecule is CCC[C@H](/C=C/[C@H](C)[C@H]1CC[C@@H]2[C@H]3CC=C4C[C@@H](O)CC[C@]4(C)[C@H]3CC[C@@]21C)C(C)C. The van der Waals surface area contributed by atoms with Crippen LogP contribution in [0.3, 0.4) is 0 Å². The molecule has 4 aliphatic carbocycles. The lowest BCUT2D eigenvalue weighted by atomic mass is 9.47. The highest BCUT2D eigenvalue weighted by Crippen LogP contribution is 2.67. The summed E-state index contributed by atoms with van der Waals surface area (Å²) < 4.78 is 0. The summed E-state index contributed by atoms with van der Waals surface area (Å²) in [7, 11) is 0. The number of aliphatic hydroxyl groups excluding tert-OH is 1. The number of aliphatic hydroxyl groups is 1. The fraction of sp³-hybridized carbons (Fsp3) is 0.867. The molecule has 1 N–H and O–H groups in total. The van der Waals surface area contributed by atoms with Crippen LogP contribution < -0.4 is 0 Å². The van der Waals surface area contributed by atoms with E-state index >= 15 is 0 Å². The molecule has 0 bridgehead atoms. The van der Waals surface area contributed by atoms with Gasteiger partial charge in [0.05, 0.1) is 6.10 Å². The standard InChI is InChI=1S/C30H50O/c1-7-8-22(20(2)3)10-9-21(4)26-13-14-27-25-12-11-23-19-24(31)15-17-29(23,5)28(25)16-18-30(26,27)6/h9-11,20-22,24-28,31H,7-8,12-19H2,1-6H3/b10-9+/t21-,22+,24-,25+,26+,27+,28-,29-,30+/m0/s1. The predicted molar refractivity (Wildman–Crippen MR) is 133 cm³/mol. The molecular formula is C30H50O. The van der Waals surface area contributed by atoms with Crippen molar-refractivity contribution in [1.82, 2.24) is 0 Å². The lowest BCUT2D eigenvalue weighted by Crippen LogP contribution is -2.50. The zero-order chi connectivity index (χ0) is 22.4. The number of rotatable bonds is 6. The van der Waals surface area contributed by atoms with E-state index in [1.807, 2.05) is 0 Å². The Morgan fingerprint density at radius 2 is 1.81 bits per heavy atom. The third-order valence-corrected chi connectivity index (χ3v) is 10.9. The molecule has 4 aliphatic rings. The molecule has 1 nitrogen and oxygen atoms in total. The van der Waals surface area contributed by atoms with Crippen LogP contribution in [0, 0.1) is 52.3 Å². The van der Waals surface area contributed by atoms with Crippen LogP contribution in [0.4, 0.5) is 0 Å². The Hall–Kier alpha value is -0.560. The fourth-order valence-corrected chi connectivity index (χ4v) is 8.98. The van der Waals surface area contributed by atoms with Gasteiger partial charge in [0.25, 0.3) is 0 Å². The van der Waals surface area contributed by atoms with Crippen LogP contribution in [0.25, 0.3) is 0 Å². The number of allylic oxidation sites excluding steroid dienone is 3. The van der Waals surface area contributed by atoms with Crippen molar-refractivity contribution in [2.75, 3.05) is 0 Å². The van der Waals surface area contributed by atoms with Gasteiger partial charge in [-0.05, 0) is 110 Å². The van der Waals surface area contributed by atoms with E-state index in [0.29, 0.717) is 16.7 Å². The van der Waals surface area contributed by atoms with Crippen LogP contribution in [0.2, 0.25) is 0 Å². The summed E-state index contributed by atoms with van der Waals surface area (Å²) in [6.45, 7) is 14.9. The Bertz CT molecular complexity index is 689. The molecule has 0 aliphatic heterocycles. The zero-order valence-electron chi connectivity index (χ0n) is 21.4. The molecule has 3 fully saturated rings. The molecule has 0 amide bonds. The first-order chi connectivity index (χ1) is 14.7. The molecule has 31 heavy (non-hydrogen) atoms. The third kappa shape index (κ3) is 4.11. The average Bonchev–Trinajstić information content (AvgIpc) is 3.08. The summed E-state index contributed by atoms with van der Waals surface area (Å²) in [5, 5.41) is 10.3. The Balaban J connectivity index is 1.50. The summed E-state index contributed by atoms with van der Waals surface area (Å²) in [6, 6.07) is 0. The molecule has 0 aromatic rings. The first-order valence-electron chi connectivity index (χ1n) is 13.8. The molecule has 4 rings (SSSR count). The van der Waals surface area contributed by atoms with E-state index in [-0.39, 0.29) is 6.10 Å². The lowest BCUT2D eigenvalue weighted by molar-refractivity contribution is -0.0540. The number of fused-ring (bicyclic) bond motifs is 5. The number of hydrogen-bond acceptors (Lipinski definition) is 1. The molecular weight excluding hydrogens is 376 g/mol. The Kier molecular flexibility index (Phi) is 6.85. The summed E-state index contributed by atoms with van der Waals surface area (Å²) in [4.78, 5) is 0. The highest BCUT2D eigenvalue weighted by atomic mass is 16.3. The Labute approximate surface area is 193 Å². The lowest BCUT2D eigenvalue weighted by Gasteiger charge is -2.58. The third-order valence-electron chi connectivity index (χ3n) is 10.9. The molecule has 0 heterocycles. The van der Waals surface area contributed by atoms with Gasteiger partial charge in [0.15, 0.2) is 0 Å². The van der Waals surface area contributed by atoms with Crippen molar-refractivity contribution in [1.29, 1.82) is 0 Å². The molecule has 3 saturated carbocycles. The second kappa shape index (κ2) is 9.00. The van der Waals surface area contributed by atoms with E-state index < -0.39 is 0 Å². The first kappa shape index (κ1) is 23.6. The van der Waals surface area contributed by atoms with E-state index in [0.717, 1.165) is 48.3 Å². The minimum absolute atomic E-state index is 0.0874. The van der Waals surface area contributed by atoms with Gasteiger partial charge < -0.3 is 5.11 Å². The van der Waals surface area contributed by atoms with E-state index in [9.17, 15) is 5.11 Å². The van der Waals surface area contributed by atoms with Gasteiger partial charge in [0.1, 0.15) is 0 Å². The van der Waals surface area contributed by atoms with E-state index in [4.69, 9.17) is 0 Å². The second-order valence-corrected chi connectivity index (χ2v) is 12.8. The van der Waals surface area contributed by atoms with Crippen LogP contribution in [-0.4, -0.2) is 11.2 Å².